The van der Waals surface area contributed by atoms with Gasteiger partial charge in [-0.1, -0.05) is 61.5 Å². The van der Waals surface area contributed by atoms with Gasteiger partial charge in [0.05, 0.1) is 17.9 Å². The van der Waals surface area contributed by atoms with Gasteiger partial charge in [-0.25, -0.2) is 0 Å². The first kappa shape index (κ1) is 29.9. The summed E-state index contributed by atoms with van der Waals surface area (Å²) in [5.74, 6) is -2.26. The van der Waals surface area contributed by atoms with Gasteiger partial charge in [-0.3, -0.25) is 14.4 Å². The van der Waals surface area contributed by atoms with Crippen LogP contribution in [0, 0.1) is 11.8 Å². The summed E-state index contributed by atoms with van der Waals surface area (Å²) >= 11 is 12.3. The van der Waals surface area contributed by atoms with E-state index < -0.39 is 29.6 Å². The molecule has 0 aromatic heterocycles. The van der Waals surface area contributed by atoms with Crippen LogP contribution in [0.15, 0.2) is 30.4 Å². The number of ether oxygens (including phenoxy) is 1. The first-order valence-electron chi connectivity index (χ1n) is 15.5. The van der Waals surface area contributed by atoms with E-state index in [0.29, 0.717) is 22.3 Å². The number of carbonyl (C=O) groups excluding carboxylic acids is 3. The maximum Gasteiger partial charge on any atom is 0.246 e. The molecule has 5 aliphatic rings. The van der Waals surface area contributed by atoms with Gasteiger partial charge in [-0.15, -0.1) is 0 Å². The van der Waals surface area contributed by atoms with Crippen molar-refractivity contribution in [1.82, 2.24) is 20.0 Å². The predicted octanol–water partition coefficient (Wildman–Crippen LogP) is 3.56. The van der Waals surface area contributed by atoms with Gasteiger partial charge in [0.25, 0.3) is 0 Å². The van der Waals surface area contributed by atoms with Crippen molar-refractivity contribution in [2.45, 2.75) is 69.2 Å². The van der Waals surface area contributed by atoms with E-state index in [9.17, 15) is 14.4 Å². The first-order valence-corrected chi connectivity index (χ1v) is 16.2. The molecule has 4 fully saturated rings. The topological polar surface area (TPSA) is 94.2 Å². The van der Waals surface area contributed by atoms with Crippen molar-refractivity contribution >= 4 is 46.6 Å². The van der Waals surface area contributed by atoms with Gasteiger partial charge in [0.15, 0.2) is 0 Å². The third-order valence-electron chi connectivity index (χ3n) is 9.79. The fourth-order valence-electron chi connectivity index (χ4n) is 7.68. The summed E-state index contributed by atoms with van der Waals surface area (Å²) in [6.45, 7) is 8.64. The summed E-state index contributed by atoms with van der Waals surface area (Å²) < 4.78 is 6.48. The molecule has 6 rings (SSSR count). The minimum atomic E-state index is -1.17. The summed E-state index contributed by atoms with van der Waals surface area (Å²) in [5, 5.41) is 6.95. The van der Waals surface area contributed by atoms with Crippen molar-refractivity contribution in [2.24, 2.45) is 11.8 Å². The van der Waals surface area contributed by atoms with Gasteiger partial charge in [-0.2, -0.15) is 0 Å². The lowest BCUT2D eigenvalue weighted by molar-refractivity contribution is -0.141. The highest BCUT2D eigenvalue weighted by Gasteiger charge is 2.72. The lowest BCUT2D eigenvalue weighted by atomic mass is 9.74. The highest BCUT2D eigenvalue weighted by molar-refractivity contribution is 6.35. The van der Waals surface area contributed by atoms with Gasteiger partial charge < -0.3 is 30.1 Å². The minimum Gasteiger partial charge on any atom is -0.359 e. The van der Waals surface area contributed by atoms with E-state index in [1.165, 1.54) is 6.42 Å². The molecule has 11 heteroatoms. The van der Waals surface area contributed by atoms with Crippen molar-refractivity contribution in [1.29, 1.82) is 0 Å². The van der Waals surface area contributed by atoms with Gasteiger partial charge in [0.2, 0.25) is 17.7 Å². The highest BCUT2D eigenvalue weighted by atomic mass is 35.5. The van der Waals surface area contributed by atoms with Gasteiger partial charge in [-0.05, 0) is 50.6 Å². The standard InChI is InChI=1S/C31H41Cl2N5O4/c1-2-36-13-15-37(16-14-36)11-6-12-38-27(29(40)34-22-7-4-3-5-8-22)31-10-9-24(42-31)25(26(31)30(38)41)28(39)35-23-18-20(32)17-21(33)19-23/h9-10,17-19,22,24-27H,2-8,11-16H2,1H3,(H,34,40)(H,35,39)/t24-,25-,26-,27-,31+/m1/s1. The third-order valence-corrected chi connectivity index (χ3v) is 10.2. The van der Waals surface area contributed by atoms with Gasteiger partial charge in [0.1, 0.15) is 11.6 Å². The number of benzene rings is 1. The molecule has 0 radical (unpaired) electrons. The lowest BCUT2D eigenvalue weighted by Gasteiger charge is -2.36. The molecule has 0 unspecified atom stereocenters. The normalized spacial score (nSPS) is 31.5. The molecule has 1 spiro atoms. The largest absolute Gasteiger partial charge is 0.359 e. The first-order chi connectivity index (χ1) is 20.3. The summed E-state index contributed by atoms with van der Waals surface area (Å²) in [5.41, 5.74) is -0.711. The van der Waals surface area contributed by atoms with Crippen LogP contribution in [0.5, 0.6) is 0 Å². The number of nitrogens with one attached hydrogen (secondary N) is 2. The molecule has 2 N–H and O–H groups in total. The number of hydrogen-bond acceptors (Lipinski definition) is 6. The number of carbonyl (C=O) groups is 3. The molecule has 42 heavy (non-hydrogen) atoms. The van der Waals surface area contributed by atoms with Crippen LogP contribution >= 0.6 is 23.2 Å². The van der Waals surface area contributed by atoms with Gasteiger partial charge in [0, 0.05) is 54.5 Å². The van der Waals surface area contributed by atoms with E-state index >= 15 is 0 Å². The van der Waals surface area contributed by atoms with Crippen molar-refractivity contribution < 1.29 is 19.1 Å². The molecule has 1 aromatic carbocycles. The minimum absolute atomic E-state index is 0.0998. The number of likely N-dealkylation sites (N-methyl/N-ethyl adjacent to an activating group) is 1. The van der Waals surface area contributed by atoms with Crippen molar-refractivity contribution in [3.8, 4) is 0 Å². The van der Waals surface area contributed by atoms with Gasteiger partial charge >= 0.3 is 0 Å². The molecule has 5 atom stereocenters. The SMILES string of the molecule is CCN1CCN(CCCN2C(=O)[C@H]3[C@H](C(=O)Nc4cc(Cl)cc(Cl)c4)[C@H]4C=C[C@@]3(O4)[C@H]2C(=O)NC2CCCCC2)CC1. The number of halogens is 2. The maximum atomic E-state index is 14.2. The zero-order valence-electron chi connectivity index (χ0n) is 24.2. The summed E-state index contributed by atoms with van der Waals surface area (Å²) in [4.78, 5) is 48.5. The zero-order chi connectivity index (χ0) is 29.4. The molecule has 4 aliphatic heterocycles. The van der Waals surface area contributed by atoms with E-state index in [4.69, 9.17) is 27.9 Å². The average Bonchev–Trinajstić information content (AvgIpc) is 3.61. The fraction of sp³-hybridized carbons (Fsp3) is 0.645. The van der Waals surface area contributed by atoms with E-state index in [1.807, 2.05) is 12.2 Å². The van der Waals surface area contributed by atoms with Crippen LogP contribution in [-0.2, 0) is 19.1 Å². The Balaban J connectivity index is 1.21. The van der Waals surface area contributed by atoms with Crippen LogP contribution in [0.1, 0.15) is 45.4 Å². The molecular formula is C31H41Cl2N5O4. The molecule has 9 nitrogen and oxygen atoms in total. The number of likely N-dealkylation sites (tertiary alicyclic amines) is 1. The molecule has 1 saturated carbocycles. The second kappa shape index (κ2) is 12.4. The molecule has 2 bridgehead atoms. The zero-order valence-corrected chi connectivity index (χ0v) is 25.7. The van der Waals surface area contributed by atoms with Crippen molar-refractivity contribution in [2.75, 3.05) is 51.1 Å². The van der Waals surface area contributed by atoms with E-state index in [0.717, 1.165) is 71.4 Å². The van der Waals surface area contributed by atoms with Crippen molar-refractivity contribution in [3.63, 3.8) is 0 Å². The van der Waals surface area contributed by atoms with Crippen LogP contribution in [0.4, 0.5) is 5.69 Å². The second-order valence-electron chi connectivity index (χ2n) is 12.4. The number of nitrogens with zero attached hydrogens (tertiary/aromatic N) is 3. The molecule has 1 aliphatic carbocycles. The van der Waals surface area contributed by atoms with Crippen LogP contribution in [0.2, 0.25) is 10.0 Å². The quantitative estimate of drug-likeness (QED) is 0.412. The molecular weight excluding hydrogens is 577 g/mol. The lowest BCUT2D eigenvalue weighted by Crippen LogP contribution is -2.56. The number of rotatable bonds is 9. The second-order valence-corrected chi connectivity index (χ2v) is 13.2. The number of hydrogen-bond donors (Lipinski definition) is 2. The van der Waals surface area contributed by atoms with E-state index in [1.54, 1.807) is 23.1 Å². The van der Waals surface area contributed by atoms with Crippen LogP contribution < -0.4 is 10.6 Å². The van der Waals surface area contributed by atoms with Crippen molar-refractivity contribution in [3.05, 3.63) is 40.4 Å². The summed E-state index contributed by atoms with van der Waals surface area (Å²) in [6.07, 6.45) is 9.12. The van der Waals surface area contributed by atoms with Crippen LogP contribution in [0.3, 0.4) is 0 Å². The Hall–Kier alpha value is -2.17. The summed E-state index contributed by atoms with van der Waals surface area (Å²) in [7, 11) is 0. The Kier molecular flexibility index (Phi) is 8.85. The average molecular weight is 619 g/mol. The van der Waals surface area contributed by atoms with E-state index in [2.05, 4.69) is 27.4 Å². The highest BCUT2D eigenvalue weighted by Crippen LogP contribution is 2.55. The van der Waals surface area contributed by atoms with Crippen LogP contribution in [-0.4, -0.2) is 102 Å². The van der Waals surface area contributed by atoms with Crippen LogP contribution in [0.25, 0.3) is 0 Å². The molecule has 1 aromatic rings. The number of piperazine rings is 1. The predicted molar refractivity (Wildman–Crippen MR) is 163 cm³/mol. The third kappa shape index (κ3) is 5.71. The molecule has 4 heterocycles. The maximum absolute atomic E-state index is 14.2. The number of anilines is 1. The Labute approximate surface area is 257 Å². The molecule has 3 amide bonds. The fourth-order valence-corrected chi connectivity index (χ4v) is 8.21. The van der Waals surface area contributed by atoms with E-state index in [-0.39, 0.29) is 23.8 Å². The Morgan fingerprint density at radius 3 is 2.36 bits per heavy atom. The molecule has 3 saturated heterocycles. The Bertz CT molecular complexity index is 1210. The Morgan fingerprint density at radius 1 is 0.976 bits per heavy atom. The molecule has 228 valence electrons. The smallest absolute Gasteiger partial charge is 0.246 e. The number of amides is 3. The summed E-state index contributed by atoms with van der Waals surface area (Å²) in [6, 6.07) is 4.12. The Morgan fingerprint density at radius 2 is 1.67 bits per heavy atom. The number of fused-ring (bicyclic) bond motifs is 1. The monoisotopic (exact) mass is 617 g/mol.